The Balaban J connectivity index is 3.13. The zero-order chi connectivity index (χ0) is 13.7. The van der Waals surface area contributed by atoms with Gasteiger partial charge in [-0.15, -0.1) is 0 Å². The highest BCUT2D eigenvalue weighted by molar-refractivity contribution is 5.96. The van der Waals surface area contributed by atoms with Crippen molar-refractivity contribution in [3.63, 3.8) is 0 Å². The van der Waals surface area contributed by atoms with Gasteiger partial charge in [-0.05, 0) is 36.1 Å². The van der Waals surface area contributed by atoms with Crippen LogP contribution in [0.2, 0.25) is 0 Å². The van der Waals surface area contributed by atoms with E-state index in [0.29, 0.717) is 5.56 Å². The SMILES string of the molecule is COc1cc(C)c(C(=O)NCCO)cc1C(C)C. The van der Waals surface area contributed by atoms with Crippen LogP contribution in [0.3, 0.4) is 0 Å². The molecule has 100 valence electrons. The highest BCUT2D eigenvalue weighted by Gasteiger charge is 2.15. The number of carbonyl (C=O) groups excluding carboxylic acids is 1. The second kappa shape index (κ2) is 6.40. The van der Waals surface area contributed by atoms with Gasteiger partial charge in [0.25, 0.3) is 5.91 Å². The van der Waals surface area contributed by atoms with Crippen LogP contribution < -0.4 is 10.1 Å². The Morgan fingerprint density at radius 2 is 2.11 bits per heavy atom. The molecule has 1 aromatic rings. The van der Waals surface area contributed by atoms with Crippen LogP contribution in [-0.2, 0) is 0 Å². The molecular formula is C14H21NO3. The summed E-state index contributed by atoms with van der Waals surface area (Å²) in [6.07, 6.45) is 0. The quantitative estimate of drug-likeness (QED) is 0.839. The number of amides is 1. The van der Waals surface area contributed by atoms with Crippen molar-refractivity contribution in [3.05, 3.63) is 28.8 Å². The first-order valence-electron chi connectivity index (χ1n) is 6.08. The van der Waals surface area contributed by atoms with Crippen LogP contribution in [-0.4, -0.2) is 31.3 Å². The molecule has 0 fully saturated rings. The molecule has 0 bridgehead atoms. The maximum Gasteiger partial charge on any atom is 0.251 e. The molecule has 4 nitrogen and oxygen atoms in total. The van der Waals surface area contributed by atoms with Gasteiger partial charge in [0.1, 0.15) is 5.75 Å². The van der Waals surface area contributed by atoms with Crippen LogP contribution >= 0.6 is 0 Å². The number of ether oxygens (including phenoxy) is 1. The Labute approximate surface area is 108 Å². The predicted octanol–water partition coefficient (Wildman–Crippen LogP) is 1.85. The number of methoxy groups -OCH3 is 1. The molecule has 2 N–H and O–H groups in total. The van der Waals surface area contributed by atoms with Crippen molar-refractivity contribution in [2.45, 2.75) is 26.7 Å². The van der Waals surface area contributed by atoms with E-state index in [1.54, 1.807) is 7.11 Å². The van der Waals surface area contributed by atoms with Crippen LogP contribution in [0.1, 0.15) is 41.3 Å². The third kappa shape index (κ3) is 3.23. The van der Waals surface area contributed by atoms with Crippen LogP contribution in [0.15, 0.2) is 12.1 Å². The van der Waals surface area contributed by atoms with Gasteiger partial charge >= 0.3 is 0 Å². The van der Waals surface area contributed by atoms with Crippen molar-refractivity contribution in [2.75, 3.05) is 20.3 Å². The summed E-state index contributed by atoms with van der Waals surface area (Å²) in [5.41, 5.74) is 2.51. The minimum absolute atomic E-state index is 0.0576. The maximum absolute atomic E-state index is 11.9. The van der Waals surface area contributed by atoms with E-state index in [1.807, 2.05) is 19.1 Å². The second-order valence-electron chi connectivity index (χ2n) is 4.54. The molecule has 0 spiro atoms. The number of carbonyl (C=O) groups is 1. The highest BCUT2D eigenvalue weighted by atomic mass is 16.5. The molecule has 1 aromatic carbocycles. The first-order chi connectivity index (χ1) is 8.51. The first-order valence-corrected chi connectivity index (χ1v) is 6.08. The van der Waals surface area contributed by atoms with Gasteiger partial charge in [-0.3, -0.25) is 4.79 Å². The molecule has 0 aliphatic carbocycles. The van der Waals surface area contributed by atoms with Gasteiger partial charge in [-0.1, -0.05) is 13.8 Å². The van der Waals surface area contributed by atoms with Gasteiger partial charge in [0.15, 0.2) is 0 Å². The lowest BCUT2D eigenvalue weighted by Crippen LogP contribution is -2.27. The van der Waals surface area contributed by atoms with Crippen molar-refractivity contribution in [3.8, 4) is 5.75 Å². The molecule has 0 heterocycles. The Kier molecular flexibility index (Phi) is 5.16. The molecule has 0 aliphatic rings. The number of aliphatic hydroxyl groups excluding tert-OH is 1. The Morgan fingerprint density at radius 1 is 1.44 bits per heavy atom. The van der Waals surface area contributed by atoms with Crippen molar-refractivity contribution >= 4 is 5.91 Å². The van der Waals surface area contributed by atoms with Gasteiger partial charge in [-0.25, -0.2) is 0 Å². The third-order valence-corrected chi connectivity index (χ3v) is 2.84. The van der Waals surface area contributed by atoms with E-state index in [0.717, 1.165) is 16.9 Å². The molecule has 1 amide bonds. The lowest BCUT2D eigenvalue weighted by Gasteiger charge is -2.15. The fourth-order valence-electron chi connectivity index (χ4n) is 1.84. The molecule has 0 aromatic heterocycles. The minimum Gasteiger partial charge on any atom is -0.496 e. The fraction of sp³-hybridized carbons (Fsp3) is 0.500. The molecule has 18 heavy (non-hydrogen) atoms. The first kappa shape index (κ1) is 14.5. The number of rotatable bonds is 5. The molecular weight excluding hydrogens is 230 g/mol. The van der Waals surface area contributed by atoms with Crippen molar-refractivity contribution in [1.82, 2.24) is 5.32 Å². The monoisotopic (exact) mass is 251 g/mol. The Hall–Kier alpha value is -1.55. The summed E-state index contributed by atoms with van der Waals surface area (Å²) in [5, 5.41) is 11.4. The van der Waals surface area contributed by atoms with Crippen molar-refractivity contribution in [2.24, 2.45) is 0 Å². The maximum atomic E-state index is 11.9. The second-order valence-corrected chi connectivity index (χ2v) is 4.54. The smallest absolute Gasteiger partial charge is 0.251 e. The molecule has 0 saturated heterocycles. The predicted molar refractivity (Wildman–Crippen MR) is 71.2 cm³/mol. The summed E-state index contributed by atoms with van der Waals surface area (Å²) in [5.74, 6) is 0.928. The van der Waals surface area contributed by atoms with Crippen LogP contribution in [0.25, 0.3) is 0 Å². The third-order valence-electron chi connectivity index (χ3n) is 2.84. The van der Waals surface area contributed by atoms with Gasteiger partial charge in [0.05, 0.1) is 13.7 Å². The lowest BCUT2D eigenvalue weighted by molar-refractivity contribution is 0.0944. The molecule has 0 unspecified atom stereocenters. The number of benzene rings is 1. The van der Waals surface area contributed by atoms with Crippen LogP contribution in [0.5, 0.6) is 5.75 Å². The number of nitrogens with one attached hydrogen (secondary N) is 1. The minimum atomic E-state index is -0.161. The van der Waals surface area contributed by atoms with Crippen LogP contribution in [0, 0.1) is 6.92 Å². The Morgan fingerprint density at radius 3 is 2.61 bits per heavy atom. The van der Waals surface area contributed by atoms with Crippen molar-refractivity contribution < 1.29 is 14.6 Å². The molecule has 0 atom stereocenters. The normalized spacial score (nSPS) is 10.6. The van der Waals surface area contributed by atoms with E-state index >= 15 is 0 Å². The molecule has 0 saturated carbocycles. The summed E-state index contributed by atoms with van der Waals surface area (Å²) in [7, 11) is 1.63. The lowest BCUT2D eigenvalue weighted by atomic mass is 9.96. The van der Waals surface area contributed by atoms with E-state index in [2.05, 4.69) is 19.2 Å². The van der Waals surface area contributed by atoms with Gasteiger partial charge in [0, 0.05) is 12.1 Å². The molecule has 0 radical (unpaired) electrons. The molecule has 0 aliphatic heterocycles. The van der Waals surface area contributed by atoms with E-state index in [-0.39, 0.29) is 25.0 Å². The summed E-state index contributed by atoms with van der Waals surface area (Å²) in [4.78, 5) is 11.9. The number of hydrogen-bond donors (Lipinski definition) is 2. The summed E-state index contributed by atoms with van der Waals surface area (Å²) >= 11 is 0. The standard InChI is InChI=1S/C14H21NO3/c1-9(2)11-8-12(14(17)15-5-6-16)10(3)7-13(11)18-4/h7-9,16H,5-6H2,1-4H3,(H,15,17). The van der Waals surface area contributed by atoms with E-state index in [9.17, 15) is 4.79 Å². The highest BCUT2D eigenvalue weighted by Crippen LogP contribution is 2.29. The average Bonchev–Trinajstić information content (AvgIpc) is 2.34. The van der Waals surface area contributed by atoms with Crippen molar-refractivity contribution in [1.29, 1.82) is 0 Å². The number of aryl methyl sites for hydroxylation is 1. The summed E-state index contributed by atoms with van der Waals surface area (Å²) < 4.78 is 5.33. The largest absolute Gasteiger partial charge is 0.496 e. The van der Waals surface area contributed by atoms with Gasteiger partial charge in [0.2, 0.25) is 0 Å². The van der Waals surface area contributed by atoms with Gasteiger partial charge in [-0.2, -0.15) is 0 Å². The van der Waals surface area contributed by atoms with Crippen LogP contribution in [0.4, 0.5) is 0 Å². The summed E-state index contributed by atoms with van der Waals surface area (Å²) in [6.45, 7) is 6.20. The zero-order valence-corrected chi connectivity index (χ0v) is 11.4. The summed E-state index contributed by atoms with van der Waals surface area (Å²) in [6, 6.07) is 3.74. The zero-order valence-electron chi connectivity index (χ0n) is 11.4. The fourth-order valence-corrected chi connectivity index (χ4v) is 1.84. The number of hydrogen-bond acceptors (Lipinski definition) is 3. The molecule has 4 heteroatoms. The van der Waals surface area contributed by atoms with E-state index in [4.69, 9.17) is 9.84 Å². The molecule has 1 rings (SSSR count). The van der Waals surface area contributed by atoms with E-state index < -0.39 is 0 Å². The van der Waals surface area contributed by atoms with E-state index in [1.165, 1.54) is 0 Å². The Bertz CT molecular complexity index is 427. The number of aliphatic hydroxyl groups is 1. The average molecular weight is 251 g/mol. The van der Waals surface area contributed by atoms with Gasteiger partial charge < -0.3 is 15.2 Å². The topological polar surface area (TPSA) is 58.6 Å².